The molecule has 0 bridgehead atoms. The highest BCUT2D eigenvalue weighted by Gasteiger charge is 2.20. The SMILES string of the molecule is CCCCCCCc1c(CCCCCCC)c2cc(-c3ccc(-c4ccccc4)cc3)sc2c2sc(-c3ccc(-c4ccccc4)cc3)cc12. The molecule has 2 aromatic heterocycles. The molecular formula is C48H50S2. The molecule has 2 heteroatoms. The molecule has 0 saturated carbocycles. The molecule has 254 valence electrons. The maximum absolute atomic E-state index is 2.55. The van der Waals surface area contributed by atoms with Crippen LogP contribution in [0.25, 0.3) is 63.3 Å². The third-order valence-corrected chi connectivity index (χ3v) is 12.8. The van der Waals surface area contributed by atoms with Crippen molar-refractivity contribution in [1.29, 1.82) is 0 Å². The fourth-order valence-electron chi connectivity index (χ4n) is 7.47. The fourth-order valence-corrected chi connectivity index (χ4v) is 10.0. The normalized spacial score (nSPS) is 11.6. The summed E-state index contributed by atoms with van der Waals surface area (Å²) in [5.41, 5.74) is 11.0. The molecular weight excluding hydrogens is 641 g/mol. The highest BCUT2D eigenvalue weighted by atomic mass is 32.1. The first kappa shape index (κ1) is 34.5. The van der Waals surface area contributed by atoms with Crippen LogP contribution < -0.4 is 0 Å². The number of aryl methyl sites for hydroxylation is 2. The summed E-state index contributed by atoms with van der Waals surface area (Å²) in [6.07, 6.45) is 15.5. The van der Waals surface area contributed by atoms with Crippen LogP contribution in [0.1, 0.15) is 89.2 Å². The van der Waals surface area contributed by atoms with Crippen LogP contribution in [-0.2, 0) is 12.8 Å². The number of thiophene rings is 2. The van der Waals surface area contributed by atoms with Gasteiger partial charge in [-0.25, -0.2) is 0 Å². The quantitative estimate of drug-likeness (QED) is 0.0886. The summed E-state index contributed by atoms with van der Waals surface area (Å²) < 4.78 is 2.97. The molecule has 0 saturated heterocycles. The van der Waals surface area contributed by atoms with Gasteiger partial charge in [0.15, 0.2) is 0 Å². The van der Waals surface area contributed by atoms with Crippen molar-refractivity contribution < 1.29 is 0 Å². The Morgan fingerprint density at radius 3 is 1.08 bits per heavy atom. The summed E-state index contributed by atoms with van der Waals surface area (Å²) in [6, 6.07) is 45.1. The summed E-state index contributed by atoms with van der Waals surface area (Å²) in [4.78, 5) is 2.77. The Bertz CT molecular complexity index is 1940. The van der Waals surface area contributed by atoms with Crippen molar-refractivity contribution in [3.63, 3.8) is 0 Å². The Balaban J connectivity index is 1.32. The Labute approximate surface area is 307 Å². The predicted molar refractivity (Wildman–Crippen MR) is 224 cm³/mol. The van der Waals surface area contributed by atoms with E-state index in [9.17, 15) is 0 Å². The molecule has 50 heavy (non-hydrogen) atoms. The van der Waals surface area contributed by atoms with Crippen molar-refractivity contribution in [3.05, 3.63) is 132 Å². The van der Waals surface area contributed by atoms with Gasteiger partial charge in [-0.05, 0) is 93.1 Å². The van der Waals surface area contributed by atoms with Gasteiger partial charge in [-0.1, -0.05) is 174 Å². The summed E-state index contributed by atoms with van der Waals surface area (Å²) in [5, 5.41) is 3.02. The van der Waals surface area contributed by atoms with Gasteiger partial charge in [0.1, 0.15) is 0 Å². The van der Waals surface area contributed by atoms with Crippen molar-refractivity contribution in [2.75, 3.05) is 0 Å². The second-order valence-corrected chi connectivity index (χ2v) is 16.0. The van der Waals surface area contributed by atoms with Gasteiger partial charge in [-0.15, -0.1) is 22.7 Å². The number of benzene rings is 5. The Morgan fingerprint density at radius 1 is 0.360 bits per heavy atom. The number of rotatable bonds is 16. The molecule has 0 aliphatic heterocycles. The van der Waals surface area contributed by atoms with Gasteiger partial charge in [0.2, 0.25) is 0 Å². The second-order valence-electron chi connectivity index (χ2n) is 13.9. The zero-order valence-corrected chi connectivity index (χ0v) is 31.5. The molecule has 0 atom stereocenters. The molecule has 0 fully saturated rings. The number of hydrogen-bond donors (Lipinski definition) is 0. The Morgan fingerprint density at radius 2 is 0.700 bits per heavy atom. The maximum atomic E-state index is 2.55. The lowest BCUT2D eigenvalue weighted by molar-refractivity contribution is 0.623. The molecule has 0 radical (unpaired) electrons. The van der Waals surface area contributed by atoms with E-state index < -0.39 is 0 Å². The number of unbranched alkanes of at least 4 members (excludes halogenated alkanes) is 8. The first-order valence-corrected chi connectivity index (χ1v) is 20.7. The lowest BCUT2D eigenvalue weighted by Crippen LogP contribution is -1.98. The van der Waals surface area contributed by atoms with Gasteiger partial charge in [0.25, 0.3) is 0 Å². The molecule has 5 aromatic carbocycles. The molecule has 0 unspecified atom stereocenters. The van der Waals surface area contributed by atoms with Gasteiger partial charge in [-0.2, -0.15) is 0 Å². The van der Waals surface area contributed by atoms with Gasteiger partial charge in [0, 0.05) is 9.75 Å². The van der Waals surface area contributed by atoms with Crippen LogP contribution in [0.5, 0.6) is 0 Å². The average molecular weight is 691 g/mol. The lowest BCUT2D eigenvalue weighted by Gasteiger charge is -2.14. The van der Waals surface area contributed by atoms with Crippen LogP contribution in [-0.4, -0.2) is 0 Å². The molecule has 0 N–H and O–H groups in total. The van der Waals surface area contributed by atoms with Crippen molar-refractivity contribution in [2.45, 2.75) is 90.9 Å². The average Bonchev–Trinajstić information content (AvgIpc) is 3.82. The minimum Gasteiger partial charge on any atom is -0.134 e. The highest BCUT2D eigenvalue weighted by Crippen LogP contribution is 2.47. The molecule has 0 amide bonds. The van der Waals surface area contributed by atoms with Crippen molar-refractivity contribution in [3.8, 4) is 43.1 Å². The van der Waals surface area contributed by atoms with E-state index in [1.54, 1.807) is 11.1 Å². The van der Waals surface area contributed by atoms with Crippen LogP contribution in [0.3, 0.4) is 0 Å². The smallest absolute Gasteiger partial charge is 0.0530 e. The standard InChI is InChI=1S/C48H50S2/c1-3-5-7-9-17-23-41-42(24-18-10-8-6-4-2)44-34-46(40-31-27-38(28-32-40)36-21-15-12-16-22-36)50-48(44)47-43(41)33-45(49-47)39-29-25-37(26-30-39)35-19-13-11-14-20-35/h11-16,19-22,25-34H,3-10,17-18,23-24H2,1-2H3. The minimum atomic E-state index is 1.18. The molecule has 0 spiro atoms. The summed E-state index contributed by atoms with van der Waals surface area (Å²) in [5.74, 6) is 0. The van der Waals surface area contributed by atoms with E-state index in [1.165, 1.54) is 140 Å². The third-order valence-electron chi connectivity index (χ3n) is 10.3. The van der Waals surface area contributed by atoms with Crippen molar-refractivity contribution >= 4 is 42.8 Å². The van der Waals surface area contributed by atoms with Crippen LogP contribution in [0.15, 0.2) is 121 Å². The Hall–Kier alpha value is -3.98. The number of hydrogen-bond acceptors (Lipinski definition) is 2. The van der Waals surface area contributed by atoms with Crippen LogP contribution in [0.4, 0.5) is 0 Å². The van der Waals surface area contributed by atoms with E-state index in [2.05, 4.69) is 135 Å². The monoisotopic (exact) mass is 690 g/mol. The lowest BCUT2D eigenvalue weighted by atomic mass is 9.91. The maximum Gasteiger partial charge on any atom is 0.0530 e. The number of fused-ring (bicyclic) bond motifs is 3. The predicted octanol–water partition coefficient (Wildman–Crippen LogP) is 15.8. The van der Waals surface area contributed by atoms with Gasteiger partial charge in [0.05, 0.1) is 9.40 Å². The highest BCUT2D eigenvalue weighted by molar-refractivity contribution is 7.30. The van der Waals surface area contributed by atoms with Crippen molar-refractivity contribution in [1.82, 2.24) is 0 Å². The first-order valence-electron chi connectivity index (χ1n) is 19.1. The van der Waals surface area contributed by atoms with Gasteiger partial charge >= 0.3 is 0 Å². The molecule has 7 aromatic rings. The van der Waals surface area contributed by atoms with Crippen molar-refractivity contribution in [2.24, 2.45) is 0 Å². The van der Waals surface area contributed by atoms with E-state index in [4.69, 9.17) is 0 Å². The molecule has 0 aliphatic rings. The topological polar surface area (TPSA) is 0 Å². The molecule has 0 aliphatic carbocycles. The largest absolute Gasteiger partial charge is 0.134 e. The van der Waals surface area contributed by atoms with E-state index >= 15 is 0 Å². The summed E-state index contributed by atoms with van der Waals surface area (Å²) >= 11 is 4.01. The summed E-state index contributed by atoms with van der Waals surface area (Å²) in [7, 11) is 0. The van der Waals surface area contributed by atoms with Gasteiger partial charge in [-0.3, -0.25) is 0 Å². The zero-order valence-electron chi connectivity index (χ0n) is 29.8. The molecule has 2 heterocycles. The summed E-state index contributed by atoms with van der Waals surface area (Å²) in [6.45, 7) is 4.63. The van der Waals surface area contributed by atoms with Crippen LogP contribution in [0.2, 0.25) is 0 Å². The van der Waals surface area contributed by atoms with E-state index in [1.807, 2.05) is 22.7 Å². The molecule has 0 nitrogen and oxygen atoms in total. The van der Waals surface area contributed by atoms with Crippen LogP contribution >= 0.6 is 22.7 Å². The second kappa shape index (κ2) is 16.8. The van der Waals surface area contributed by atoms with E-state index in [0.29, 0.717) is 0 Å². The van der Waals surface area contributed by atoms with Crippen LogP contribution in [0, 0.1) is 0 Å². The van der Waals surface area contributed by atoms with Gasteiger partial charge < -0.3 is 0 Å². The minimum absolute atomic E-state index is 1.18. The Kier molecular flexibility index (Phi) is 11.6. The first-order chi connectivity index (χ1) is 24.7. The third kappa shape index (κ3) is 7.83. The molecule has 7 rings (SSSR count). The zero-order chi connectivity index (χ0) is 34.1. The fraction of sp³-hybridized carbons (Fsp3) is 0.292. The van der Waals surface area contributed by atoms with E-state index in [-0.39, 0.29) is 0 Å². The van der Waals surface area contributed by atoms with E-state index in [0.717, 1.165) is 0 Å².